The number of nitrogens with zero attached hydrogens (tertiary/aromatic N) is 2. The summed E-state index contributed by atoms with van der Waals surface area (Å²) in [6.45, 7) is 2.38. The Bertz CT molecular complexity index is 354. The first-order valence-corrected chi connectivity index (χ1v) is 7.31. The monoisotopic (exact) mass is 259 g/mol. The number of aryl methyl sites for hydroxylation is 1. The van der Waals surface area contributed by atoms with E-state index in [1.165, 1.54) is 11.5 Å². The Morgan fingerprint density at radius 1 is 1.62 bits per heavy atom. The van der Waals surface area contributed by atoms with E-state index in [0.717, 1.165) is 29.4 Å². The van der Waals surface area contributed by atoms with Crippen molar-refractivity contribution in [2.75, 3.05) is 12.3 Å². The molecule has 0 amide bonds. The van der Waals surface area contributed by atoms with E-state index in [-0.39, 0.29) is 0 Å². The van der Waals surface area contributed by atoms with Gasteiger partial charge >= 0.3 is 0 Å². The molecule has 16 heavy (non-hydrogen) atoms. The second-order valence-corrected chi connectivity index (χ2v) is 6.18. The van der Waals surface area contributed by atoms with Gasteiger partial charge in [0.2, 0.25) is 0 Å². The van der Waals surface area contributed by atoms with Crippen molar-refractivity contribution in [3.8, 4) is 0 Å². The SMILES string of the molecule is CCc1nsc(SCC(O)(CN)C2CC2)n1. The van der Waals surface area contributed by atoms with Crippen LogP contribution >= 0.6 is 23.3 Å². The number of hydrogen-bond donors (Lipinski definition) is 2. The summed E-state index contributed by atoms with van der Waals surface area (Å²) in [6, 6.07) is 0. The smallest absolute Gasteiger partial charge is 0.170 e. The molecule has 1 saturated carbocycles. The van der Waals surface area contributed by atoms with Crippen molar-refractivity contribution in [1.82, 2.24) is 9.36 Å². The fourth-order valence-corrected chi connectivity index (χ4v) is 3.49. The number of rotatable bonds is 6. The molecule has 0 radical (unpaired) electrons. The third kappa shape index (κ3) is 2.74. The van der Waals surface area contributed by atoms with E-state index in [1.807, 2.05) is 6.92 Å². The van der Waals surface area contributed by atoms with Crippen molar-refractivity contribution < 1.29 is 5.11 Å². The highest BCUT2D eigenvalue weighted by Crippen LogP contribution is 2.41. The van der Waals surface area contributed by atoms with E-state index < -0.39 is 5.60 Å². The first-order chi connectivity index (χ1) is 7.68. The largest absolute Gasteiger partial charge is 0.387 e. The molecule has 0 aliphatic heterocycles. The fourth-order valence-electron chi connectivity index (χ4n) is 1.59. The highest BCUT2D eigenvalue weighted by molar-refractivity contribution is 8.01. The first-order valence-electron chi connectivity index (χ1n) is 5.56. The molecule has 3 N–H and O–H groups in total. The number of aliphatic hydroxyl groups is 1. The van der Waals surface area contributed by atoms with Gasteiger partial charge in [-0.05, 0) is 30.3 Å². The molecule has 2 rings (SSSR count). The standard InChI is InChI=1S/C10H17N3OS2/c1-2-8-12-9(16-13-8)15-6-10(14,5-11)7-3-4-7/h7,14H,2-6,11H2,1H3. The Kier molecular flexibility index (Phi) is 3.84. The summed E-state index contributed by atoms with van der Waals surface area (Å²) < 4.78 is 5.15. The second-order valence-electron chi connectivity index (χ2n) is 4.20. The summed E-state index contributed by atoms with van der Waals surface area (Å²) in [5.41, 5.74) is 4.94. The minimum Gasteiger partial charge on any atom is -0.387 e. The quantitative estimate of drug-likeness (QED) is 0.753. The van der Waals surface area contributed by atoms with Gasteiger partial charge in [0, 0.05) is 18.7 Å². The Morgan fingerprint density at radius 2 is 2.38 bits per heavy atom. The highest BCUT2D eigenvalue weighted by Gasteiger charge is 2.42. The van der Waals surface area contributed by atoms with Gasteiger partial charge in [-0.25, -0.2) is 4.98 Å². The maximum Gasteiger partial charge on any atom is 0.170 e. The zero-order valence-corrected chi connectivity index (χ0v) is 11.0. The van der Waals surface area contributed by atoms with Crippen LogP contribution in [0.15, 0.2) is 4.34 Å². The predicted octanol–water partition coefficient (Wildman–Crippen LogP) is 1.29. The van der Waals surface area contributed by atoms with Gasteiger partial charge in [-0.2, -0.15) is 4.37 Å². The Morgan fingerprint density at radius 3 is 2.88 bits per heavy atom. The van der Waals surface area contributed by atoms with Crippen LogP contribution in [-0.4, -0.2) is 32.4 Å². The zero-order chi connectivity index (χ0) is 11.6. The molecular formula is C10H17N3OS2. The molecule has 1 heterocycles. The molecule has 4 nitrogen and oxygen atoms in total. The molecular weight excluding hydrogens is 242 g/mol. The molecule has 1 atom stereocenters. The normalized spacial score (nSPS) is 19.7. The predicted molar refractivity (Wildman–Crippen MR) is 66.7 cm³/mol. The lowest BCUT2D eigenvalue weighted by atomic mass is 10.0. The molecule has 6 heteroatoms. The van der Waals surface area contributed by atoms with E-state index in [0.29, 0.717) is 18.2 Å². The lowest BCUT2D eigenvalue weighted by Crippen LogP contribution is -2.42. The van der Waals surface area contributed by atoms with Gasteiger partial charge in [-0.3, -0.25) is 0 Å². The third-order valence-corrected chi connectivity index (χ3v) is 5.01. The van der Waals surface area contributed by atoms with Crippen LogP contribution < -0.4 is 5.73 Å². The highest BCUT2D eigenvalue weighted by atomic mass is 32.2. The summed E-state index contributed by atoms with van der Waals surface area (Å²) >= 11 is 2.98. The third-order valence-electron chi connectivity index (χ3n) is 2.90. The number of aromatic nitrogens is 2. The number of nitrogens with two attached hydrogens (primary N) is 1. The van der Waals surface area contributed by atoms with E-state index in [1.54, 1.807) is 11.8 Å². The molecule has 1 aromatic heterocycles. The zero-order valence-electron chi connectivity index (χ0n) is 9.35. The maximum atomic E-state index is 10.3. The van der Waals surface area contributed by atoms with Crippen molar-refractivity contribution in [1.29, 1.82) is 0 Å². The minimum absolute atomic E-state index is 0.337. The summed E-state index contributed by atoms with van der Waals surface area (Å²) in [6.07, 6.45) is 3.07. The van der Waals surface area contributed by atoms with Crippen LogP contribution in [0.3, 0.4) is 0 Å². The van der Waals surface area contributed by atoms with Crippen molar-refractivity contribution in [2.45, 2.75) is 36.1 Å². The van der Waals surface area contributed by atoms with E-state index in [4.69, 9.17) is 5.73 Å². The first kappa shape index (κ1) is 12.3. The van der Waals surface area contributed by atoms with Gasteiger partial charge < -0.3 is 10.8 Å². The molecule has 0 spiro atoms. The average Bonchev–Trinajstić information content (AvgIpc) is 3.06. The van der Waals surface area contributed by atoms with E-state index in [2.05, 4.69) is 9.36 Å². The van der Waals surface area contributed by atoms with Crippen molar-refractivity contribution >= 4 is 23.3 Å². The number of thioether (sulfide) groups is 1. The van der Waals surface area contributed by atoms with Crippen LogP contribution in [0.1, 0.15) is 25.6 Å². The average molecular weight is 259 g/mol. The Balaban J connectivity index is 1.90. The molecule has 0 aromatic carbocycles. The van der Waals surface area contributed by atoms with Gasteiger partial charge in [0.25, 0.3) is 0 Å². The molecule has 1 aliphatic rings. The molecule has 1 aliphatic carbocycles. The molecule has 1 fully saturated rings. The lowest BCUT2D eigenvalue weighted by molar-refractivity contribution is 0.0510. The second kappa shape index (κ2) is 5.00. The molecule has 0 saturated heterocycles. The van der Waals surface area contributed by atoms with Crippen LogP contribution in [0.2, 0.25) is 0 Å². The van der Waals surface area contributed by atoms with Gasteiger partial charge in [-0.15, -0.1) is 0 Å². The molecule has 0 bridgehead atoms. The van der Waals surface area contributed by atoms with Gasteiger partial charge in [-0.1, -0.05) is 18.7 Å². The fraction of sp³-hybridized carbons (Fsp3) is 0.800. The topological polar surface area (TPSA) is 72.0 Å². The molecule has 1 unspecified atom stereocenters. The summed E-state index contributed by atoms with van der Waals surface area (Å²) in [4.78, 5) is 4.36. The van der Waals surface area contributed by atoms with Gasteiger partial charge in [0.1, 0.15) is 5.82 Å². The van der Waals surface area contributed by atoms with Crippen molar-refractivity contribution in [3.05, 3.63) is 5.82 Å². The van der Waals surface area contributed by atoms with E-state index in [9.17, 15) is 5.11 Å². The van der Waals surface area contributed by atoms with Crippen LogP contribution in [0.25, 0.3) is 0 Å². The van der Waals surface area contributed by atoms with E-state index >= 15 is 0 Å². The Labute approximate surface area is 104 Å². The summed E-state index contributed by atoms with van der Waals surface area (Å²) in [7, 11) is 0. The van der Waals surface area contributed by atoms with Crippen LogP contribution in [0.4, 0.5) is 0 Å². The Hall–Kier alpha value is -0.170. The molecule has 90 valence electrons. The molecule has 1 aromatic rings. The van der Waals surface area contributed by atoms with Crippen LogP contribution in [-0.2, 0) is 6.42 Å². The van der Waals surface area contributed by atoms with Gasteiger partial charge in [0.05, 0.1) is 5.60 Å². The van der Waals surface area contributed by atoms with Crippen LogP contribution in [0.5, 0.6) is 0 Å². The summed E-state index contributed by atoms with van der Waals surface area (Å²) in [5.74, 6) is 1.91. The number of hydrogen-bond acceptors (Lipinski definition) is 6. The van der Waals surface area contributed by atoms with Crippen LogP contribution in [0, 0.1) is 5.92 Å². The van der Waals surface area contributed by atoms with Gasteiger partial charge in [0.15, 0.2) is 4.34 Å². The summed E-state index contributed by atoms with van der Waals surface area (Å²) in [5, 5.41) is 10.3. The maximum absolute atomic E-state index is 10.3. The minimum atomic E-state index is -0.706. The lowest BCUT2D eigenvalue weighted by Gasteiger charge is -2.25. The van der Waals surface area contributed by atoms with Crippen molar-refractivity contribution in [2.24, 2.45) is 11.7 Å². The van der Waals surface area contributed by atoms with Crippen molar-refractivity contribution in [3.63, 3.8) is 0 Å².